The van der Waals surface area contributed by atoms with E-state index < -0.39 is 0 Å². The minimum atomic E-state index is -0.334. The predicted octanol–water partition coefficient (Wildman–Crippen LogP) is 3.87. The lowest BCUT2D eigenvalue weighted by Gasteiger charge is -2.55. The highest BCUT2D eigenvalue weighted by Gasteiger charge is 2.54. The molecule has 0 unspecified atom stereocenters. The third kappa shape index (κ3) is 1.57. The fraction of sp³-hybridized carbons (Fsp3) is 0.588. The van der Waals surface area contributed by atoms with Crippen molar-refractivity contribution in [2.45, 2.75) is 44.1 Å². The van der Waals surface area contributed by atoms with E-state index in [1.54, 1.807) is 0 Å². The van der Waals surface area contributed by atoms with Crippen molar-refractivity contribution in [2.75, 3.05) is 0 Å². The summed E-state index contributed by atoms with van der Waals surface area (Å²) in [4.78, 5) is 11.1. The first-order valence-corrected chi connectivity index (χ1v) is 8.27. The standard InChI is InChI=1S/C17H19N3O2/c21-20(22)16-14-3-1-2-4-15(14)19(18-16)17-8-11-5-12(9-17)7-13(6-11)10-17/h1-4,11-13H,5-10H2. The third-order valence-corrected chi connectivity index (χ3v) is 6.20. The minimum absolute atomic E-state index is 0.0198. The van der Waals surface area contributed by atoms with Crippen molar-refractivity contribution < 1.29 is 4.92 Å². The molecule has 1 aromatic carbocycles. The van der Waals surface area contributed by atoms with Gasteiger partial charge in [-0.25, -0.2) is 0 Å². The fourth-order valence-electron chi connectivity index (χ4n) is 5.87. The first-order valence-electron chi connectivity index (χ1n) is 8.27. The van der Waals surface area contributed by atoms with Gasteiger partial charge in [-0.05, 0) is 73.3 Å². The van der Waals surface area contributed by atoms with Crippen molar-refractivity contribution >= 4 is 16.7 Å². The molecule has 5 heteroatoms. The quantitative estimate of drug-likeness (QED) is 0.624. The summed E-state index contributed by atoms with van der Waals surface area (Å²) in [6.07, 6.45) is 7.55. The first kappa shape index (κ1) is 12.6. The van der Waals surface area contributed by atoms with E-state index >= 15 is 0 Å². The molecule has 4 aliphatic carbocycles. The lowest BCUT2D eigenvalue weighted by molar-refractivity contribution is -0.388. The fourth-order valence-corrected chi connectivity index (χ4v) is 5.87. The van der Waals surface area contributed by atoms with Gasteiger partial charge in [-0.2, -0.15) is 4.68 Å². The average Bonchev–Trinajstić information content (AvgIpc) is 2.86. The Morgan fingerprint density at radius 3 is 2.27 bits per heavy atom. The molecule has 5 nitrogen and oxygen atoms in total. The third-order valence-electron chi connectivity index (χ3n) is 6.20. The number of rotatable bonds is 2. The van der Waals surface area contributed by atoms with E-state index in [1.807, 2.05) is 28.9 Å². The van der Waals surface area contributed by atoms with Crippen LogP contribution >= 0.6 is 0 Å². The molecule has 0 saturated heterocycles. The summed E-state index contributed by atoms with van der Waals surface area (Å²) in [7, 11) is 0. The zero-order chi connectivity index (χ0) is 14.9. The molecule has 114 valence electrons. The lowest BCUT2D eigenvalue weighted by Crippen LogP contribution is -2.52. The van der Waals surface area contributed by atoms with Crippen molar-refractivity contribution in [3.63, 3.8) is 0 Å². The molecular weight excluding hydrogens is 278 g/mol. The highest BCUT2D eigenvalue weighted by molar-refractivity contribution is 5.87. The number of benzene rings is 1. The summed E-state index contributed by atoms with van der Waals surface area (Å²) in [5.74, 6) is 2.42. The molecule has 4 saturated carbocycles. The monoisotopic (exact) mass is 297 g/mol. The van der Waals surface area contributed by atoms with Crippen molar-refractivity contribution in [1.82, 2.24) is 9.78 Å². The first-order chi connectivity index (χ1) is 10.6. The van der Waals surface area contributed by atoms with Gasteiger partial charge in [0.1, 0.15) is 5.39 Å². The number of aromatic nitrogens is 2. The topological polar surface area (TPSA) is 61.0 Å². The van der Waals surface area contributed by atoms with Crippen LogP contribution in [0.5, 0.6) is 0 Å². The normalized spacial score (nSPS) is 36.1. The molecule has 1 aromatic heterocycles. The van der Waals surface area contributed by atoms with Crippen LogP contribution in [0, 0.1) is 27.9 Å². The molecule has 22 heavy (non-hydrogen) atoms. The molecule has 4 bridgehead atoms. The molecule has 2 aromatic rings. The van der Waals surface area contributed by atoms with Gasteiger partial charge in [-0.3, -0.25) is 0 Å². The number of hydrogen-bond donors (Lipinski definition) is 0. The van der Waals surface area contributed by atoms with Gasteiger partial charge in [-0.1, -0.05) is 12.1 Å². The van der Waals surface area contributed by atoms with E-state index in [9.17, 15) is 10.1 Å². The smallest absolute Gasteiger partial charge is 0.358 e. The summed E-state index contributed by atoms with van der Waals surface area (Å²) >= 11 is 0. The SMILES string of the molecule is O=[N+]([O-])c1nn(C23CC4CC(CC(C4)C2)C3)c2ccccc12. The molecule has 0 amide bonds. The number of nitrogens with zero attached hydrogens (tertiary/aromatic N) is 3. The van der Waals surface area contributed by atoms with E-state index in [-0.39, 0.29) is 16.3 Å². The van der Waals surface area contributed by atoms with Crippen LogP contribution in [0.2, 0.25) is 0 Å². The van der Waals surface area contributed by atoms with Gasteiger partial charge in [0.05, 0.1) is 16.2 Å². The van der Waals surface area contributed by atoms with Crippen molar-refractivity contribution in [3.05, 3.63) is 34.4 Å². The molecule has 0 atom stereocenters. The highest BCUT2D eigenvalue weighted by Crippen LogP contribution is 2.59. The number of fused-ring (bicyclic) bond motifs is 1. The van der Waals surface area contributed by atoms with Gasteiger partial charge in [-0.15, -0.1) is 0 Å². The summed E-state index contributed by atoms with van der Waals surface area (Å²) in [6.45, 7) is 0. The van der Waals surface area contributed by atoms with Crippen LogP contribution in [0.4, 0.5) is 5.82 Å². The second-order valence-corrected chi connectivity index (χ2v) is 7.65. The van der Waals surface area contributed by atoms with Crippen LogP contribution in [0.3, 0.4) is 0 Å². The zero-order valence-corrected chi connectivity index (χ0v) is 12.4. The maximum atomic E-state index is 11.4. The van der Waals surface area contributed by atoms with Crippen molar-refractivity contribution in [2.24, 2.45) is 17.8 Å². The Kier molecular flexibility index (Phi) is 2.34. The Labute approximate surface area is 128 Å². The molecular formula is C17H19N3O2. The Morgan fingerprint density at radius 1 is 1.09 bits per heavy atom. The summed E-state index contributed by atoms with van der Waals surface area (Å²) in [5, 5.41) is 16.6. The van der Waals surface area contributed by atoms with Gasteiger partial charge >= 0.3 is 5.82 Å². The summed E-state index contributed by atoms with van der Waals surface area (Å²) < 4.78 is 2.05. The van der Waals surface area contributed by atoms with Crippen molar-refractivity contribution in [3.8, 4) is 0 Å². The minimum Gasteiger partial charge on any atom is -0.358 e. The van der Waals surface area contributed by atoms with E-state index in [4.69, 9.17) is 0 Å². The average molecular weight is 297 g/mol. The summed E-state index contributed by atoms with van der Waals surface area (Å²) in [5.41, 5.74) is 0.971. The highest BCUT2D eigenvalue weighted by atomic mass is 16.6. The van der Waals surface area contributed by atoms with Gasteiger partial charge in [0.15, 0.2) is 0 Å². The van der Waals surface area contributed by atoms with Crippen LogP contribution < -0.4 is 0 Å². The van der Waals surface area contributed by atoms with Crippen LogP contribution in [-0.4, -0.2) is 14.7 Å². The van der Waals surface area contributed by atoms with Gasteiger partial charge < -0.3 is 10.1 Å². The van der Waals surface area contributed by atoms with Gasteiger partial charge in [0.25, 0.3) is 0 Å². The lowest BCUT2D eigenvalue weighted by atomic mass is 9.53. The van der Waals surface area contributed by atoms with E-state index in [0.717, 1.165) is 42.5 Å². The van der Waals surface area contributed by atoms with Crippen LogP contribution in [0.15, 0.2) is 24.3 Å². The zero-order valence-electron chi connectivity index (χ0n) is 12.4. The molecule has 0 spiro atoms. The number of hydrogen-bond acceptors (Lipinski definition) is 3. The Hall–Kier alpha value is -1.91. The molecule has 0 radical (unpaired) electrons. The maximum absolute atomic E-state index is 11.4. The molecule has 6 rings (SSSR count). The van der Waals surface area contributed by atoms with Crippen LogP contribution in [0.1, 0.15) is 38.5 Å². The number of nitro groups is 1. The second kappa shape index (κ2) is 4.09. The van der Waals surface area contributed by atoms with E-state index in [2.05, 4.69) is 5.10 Å². The Morgan fingerprint density at radius 2 is 1.68 bits per heavy atom. The van der Waals surface area contributed by atoms with Crippen LogP contribution in [-0.2, 0) is 5.54 Å². The maximum Gasteiger partial charge on any atom is 0.397 e. The molecule has 1 heterocycles. The van der Waals surface area contributed by atoms with E-state index in [0.29, 0.717) is 5.39 Å². The molecule has 4 aliphatic rings. The van der Waals surface area contributed by atoms with Crippen LogP contribution in [0.25, 0.3) is 10.9 Å². The molecule has 4 fully saturated rings. The predicted molar refractivity (Wildman–Crippen MR) is 82.5 cm³/mol. The van der Waals surface area contributed by atoms with Crippen molar-refractivity contribution in [1.29, 1.82) is 0 Å². The van der Waals surface area contributed by atoms with Gasteiger partial charge in [0.2, 0.25) is 0 Å². The summed E-state index contributed by atoms with van der Waals surface area (Å²) in [6, 6.07) is 7.65. The largest absolute Gasteiger partial charge is 0.397 e. The Bertz CT molecular complexity index is 744. The second-order valence-electron chi connectivity index (χ2n) is 7.65. The van der Waals surface area contributed by atoms with Gasteiger partial charge in [0, 0.05) is 0 Å². The number of para-hydroxylation sites is 1. The Balaban J connectivity index is 1.72. The molecule has 0 N–H and O–H groups in total. The van der Waals surface area contributed by atoms with E-state index in [1.165, 1.54) is 19.3 Å². The molecule has 0 aliphatic heterocycles.